The minimum atomic E-state index is -4.54. The van der Waals surface area contributed by atoms with E-state index in [2.05, 4.69) is 9.97 Å². The number of hydrogen-bond donors (Lipinski definition) is 0. The summed E-state index contributed by atoms with van der Waals surface area (Å²) < 4.78 is 44.2. The minimum Gasteiger partial charge on any atom is -0.439 e. The maximum absolute atomic E-state index is 12.9. The molecule has 0 aliphatic carbocycles. The highest BCUT2D eigenvalue weighted by atomic mass is 19.4. The number of nitrogens with zero attached hydrogens (tertiary/aromatic N) is 2. The van der Waals surface area contributed by atoms with Gasteiger partial charge in [0, 0.05) is 11.5 Å². The normalized spacial score (nSPS) is 12.3. The zero-order valence-electron chi connectivity index (χ0n) is 11.9. The Morgan fingerprint density at radius 2 is 1.57 bits per heavy atom. The van der Waals surface area contributed by atoms with Gasteiger partial charge in [-0.1, -0.05) is 39.0 Å². The Morgan fingerprint density at radius 3 is 2.10 bits per heavy atom. The monoisotopic (exact) mass is 296 g/mol. The maximum Gasteiger partial charge on any atom is 0.433 e. The van der Waals surface area contributed by atoms with Crippen LogP contribution in [0.1, 0.15) is 32.3 Å². The molecule has 0 spiro atoms. The predicted octanol–water partition coefficient (Wildman–Crippen LogP) is 4.59. The zero-order chi connectivity index (χ0) is 15.7. The summed E-state index contributed by atoms with van der Waals surface area (Å²) in [6, 6.07) is 9.34. The molecule has 0 atom stereocenters. The van der Waals surface area contributed by atoms with E-state index >= 15 is 0 Å². The number of ether oxygens (including phenoxy) is 1. The lowest BCUT2D eigenvalue weighted by Crippen LogP contribution is -2.20. The summed E-state index contributed by atoms with van der Waals surface area (Å²) in [7, 11) is 0. The SMILES string of the molecule is CC(C)(C)c1nc(Oc2ccccc2)cc(C(F)(F)F)n1. The summed E-state index contributed by atoms with van der Waals surface area (Å²) in [6.45, 7) is 5.23. The van der Waals surface area contributed by atoms with Crippen LogP contribution in [-0.4, -0.2) is 9.97 Å². The molecule has 0 bridgehead atoms. The molecular weight excluding hydrogens is 281 g/mol. The number of halogens is 3. The van der Waals surface area contributed by atoms with Crippen molar-refractivity contribution < 1.29 is 17.9 Å². The Labute approximate surface area is 120 Å². The lowest BCUT2D eigenvalue weighted by molar-refractivity contribution is -0.141. The first-order valence-electron chi connectivity index (χ1n) is 6.36. The summed E-state index contributed by atoms with van der Waals surface area (Å²) in [5.74, 6) is 0.390. The summed E-state index contributed by atoms with van der Waals surface area (Å²) in [4.78, 5) is 7.68. The average molecular weight is 296 g/mol. The molecule has 6 heteroatoms. The topological polar surface area (TPSA) is 35.0 Å². The largest absolute Gasteiger partial charge is 0.439 e. The maximum atomic E-state index is 12.9. The highest BCUT2D eigenvalue weighted by Crippen LogP contribution is 2.32. The Hall–Kier alpha value is -2.11. The molecule has 1 heterocycles. The second-order valence-electron chi connectivity index (χ2n) is 5.58. The van der Waals surface area contributed by atoms with E-state index in [-0.39, 0.29) is 11.7 Å². The van der Waals surface area contributed by atoms with E-state index in [4.69, 9.17) is 4.74 Å². The van der Waals surface area contributed by atoms with E-state index < -0.39 is 17.3 Å². The average Bonchev–Trinajstić information content (AvgIpc) is 2.37. The number of aromatic nitrogens is 2. The van der Waals surface area contributed by atoms with Crippen molar-refractivity contribution in [2.24, 2.45) is 0 Å². The molecule has 0 N–H and O–H groups in total. The number of para-hydroxylation sites is 1. The summed E-state index contributed by atoms with van der Waals surface area (Å²) >= 11 is 0. The molecule has 0 aliphatic rings. The quantitative estimate of drug-likeness (QED) is 0.813. The highest BCUT2D eigenvalue weighted by molar-refractivity contribution is 5.29. The van der Waals surface area contributed by atoms with Crippen LogP contribution in [0.3, 0.4) is 0 Å². The van der Waals surface area contributed by atoms with Gasteiger partial charge in [-0.25, -0.2) is 4.98 Å². The molecule has 0 amide bonds. The third-order valence-electron chi connectivity index (χ3n) is 2.63. The molecule has 1 aromatic carbocycles. The lowest BCUT2D eigenvalue weighted by Gasteiger charge is -2.19. The molecular formula is C15H15F3N2O. The molecule has 1 aromatic heterocycles. The first kappa shape index (κ1) is 15.3. The first-order valence-corrected chi connectivity index (χ1v) is 6.36. The van der Waals surface area contributed by atoms with Gasteiger partial charge in [0.25, 0.3) is 0 Å². The Morgan fingerprint density at radius 1 is 0.952 bits per heavy atom. The van der Waals surface area contributed by atoms with E-state index in [0.29, 0.717) is 5.75 Å². The molecule has 21 heavy (non-hydrogen) atoms. The highest BCUT2D eigenvalue weighted by Gasteiger charge is 2.35. The van der Waals surface area contributed by atoms with Gasteiger partial charge in [0.2, 0.25) is 5.88 Å². The van der Waals surface area contributed by atoms with Crippen LogP contribution in [-0.2, 0) is 11.6 Å². The second-order valence-corrected chi connectivity index (χ2v) is 5.58. The van der Waals surface area contributed by atoms with Crippen LogP contribution in [0, 0.1) is 0 Å². The molecule has 0 saturated carbocycles. The smallest absolute Gasteiger partial charge is 0.433 e. The number of alkyl halides is 3. The van der Waals surface area contributed by atoms with Crippen LogP contribution in [0.4, 0.5) is 13.2 Å². The Bertz CT molecular complexity index is 587. The number of hydrogen-bond acceptors (Lipinski definition) is 3. The van der Waals surface area contributed by atoms with E-state index in [9.17, 15) is 13.2 Å². The molecule has 0 aliphatic heterocycles. The molecule has 112 valence electrons. The predicted molar refractivity (Wildman–Crippen MR) is 72.3 cm³/mol. The molecule has 3 nitrogen and oxygen atoms in total. The van der Waals surface area contributed by atoms with Crippen LogP contribution >= 0.6 is 0 Å². The fourth-order valence-corrected chi connectivity index (χ4v) is 1.57. The standard InChI is InChI=1S/C15H15F3N2O/c1-14(2,3)13-19-11(15(16,17)18)9-12(20-13)21-10-7-5-4-6-8-10/h4-9H,1-3H3. The Balaban J connectivity index is 2.45. The van der Waals surface area contributed by atoms with E-state index in [0.717, 1.165) is 6.07 Å². The third-order valence-corrected chi connectivity index (χ3v) is 2.63. The fraction of sp³-hybridized carbons (Fsp3) is 0.333. The minimum absolute atomic E-state index is 0.0863. The van der Waals surface area contributed by atoms with Gasteiger partial charge in [-0.3, -0.25) is 0 Å². The van der Waals surface area contributed by atoms with Gasteiger partial charge in [0.05, 0.1) is 0 Å². The van der Waals surface area contributed by atoms with Crippen molar-refractivity contribution in [3.8, 4) is 11.6 Å². The molecule has 0 saturated heterocycles. The summed E-state index contributed by atoms with van der Waals surface area (Å²) in [5, 5.41) is 0. The van der Waals surface area contributed by atoms with Gasteiger partial charge in [0.1, 0.15) is 11.6 Å². The van der Waals surface area contributed by atoms with E-state index in [1.165, 1.54) is 0 Å². The van der Waals surface area contributed by atoms with E-state index in [1.54, 1.807) is 51.1 Å². The van der Waals surface area contributed by atoms with Gasteiger partial charge >= 0.3 is 6.18 Å². The van der Waals surface area contributed by atoms with Crippen molar-refractivity contribution in [2.45, 2.75) is 32.4 Å². The van der Waals surface area contributed by atoms with Crippen molar-refractivity contribution in [1.29, 1.82) is 0 Å². The number of benzene rings is 1. The summed E-state index contributed by atoms with van der Waals surface area (Å²) in [6.07, 6.45) is -4.54. The second kappa shape index (κ2) is 5.35. The van der Waals surface area contributed by atoms with Crippen molar-refractivity contribution in [2.75, 3.05) is 0 Å². The van der Waals surface area contributed by atoms with Crippen LogP contribution in [0.2, 0.25) is 0 Å². The molecule has 0 radical (unpaired) electrons. The first-order chi connectivity index (χ1) is 9.66. The zero-order valence-corrected chi connectivity index (χ0v) is 11.9. The van der Waals surface area contributed by atoms with Crippen LogP contribution in [0.25, 0.3) is 0 Å². The number of rotatable bonds is 2. The van der Waals surface area contributed by atoms with Crippen LogP contribution < -0.4 is 4.74 Å². The molecule has 2 rings (SSSR count). The van der Waals surface area contributed by atoms with Crippen molar-refractivity contribution in [3.05, 3.63) is 47.9 Å². The van der Waals surface area contributed by atoms with Crippen molar-refractivity contribution >= 4 is 0 Å². The van der Waals surface area contributed by atoms with Crippen molar-refractivity contribution in [1.82, 2.24) is 9.97 Å². The van der Waals surface area contributed by atoms with Gasteiger partial charge in [0.15, 0.2) is 5.69 Å². The van der Waals surface area contributed by atoms with Crippen molar-refractivity contribution in [3.63, 3.8) is 0 Å². The van der Waals surface area contributed by atoms with Crippen LogP contribution in [0.15, 0.2) is 36.4 Å². The van der Waals surface area contributed by atoms with Gasteiger partial charge in [-0.15, -0.1) is 0 Å². The Kier molecular flexibility index (Phi) is 3.89. The molecule has 0 unspecified atom stereocenters. The molecule has 2 aromatic rings. The molecule has 0 fully saturated rings. The lowest BCUT2D eigenvalue weighted by atomic mass is 9.95. The summed E-state index contributed by atoms with van der Waals surface area (Å²) in [5.41, 5.74) is -1.62. The van der Waals surface area contributed by atoms with Gasteiger partial charge < -0.3 is 4.74 Å². The van der Waals surface area contributed by atoms with Gasteiger partial charge in [-0.05, 0) is 12.1 Å². The van der Waals surface area contributed by atoms with Crippen LogP contribution in [0.5, 0.6) is 11.6 Å². The van der Waals surface area contributed by atoms with Gasteiger partial charge in [-0.2, -0.15) is 18.2 Å². The third kappa shape index (κ3) is 3.93. The van der Waals surface area contributed by atoms with E-state index in [1.807, 2.05) is 0 Å². The fourth-order valence-electron chi connectivity index (χ4n) is 1.57.